The molecule has 0 spiro atoms. The van der Waals surface area contributed by atoms with Gasteiger partial charge in [-0.05, 0) is 171 Å². The van der Waals surface area contributed by atoms with Crippen molar-refractivity contribution in [3.05, 3.63) is 144 Å². The summed E-state index contributed by atoms with van der Waals surface area (Å²) in [6.07, 6.45) is 15.6. The lowest BCUT2D eigenvalue weighted by molar-refractivity contribution is 0.0707. The third-order valence-corrected chi connectivity index (χ3v) is 15.2. The minimum absolute atomic E-state index is 0.298. The van der Waals surface area contributed by atoms with Gasteiger partial charge in [-0.1, -0.05) is 184 Å². The highest BCUT2D eigenvalue weighted by Gasteiger charge is 2.42. The zero-order valence-corrected chi connectivity index (χ0v) is 44.6. The maximum absolute atomic E-state index is 6.25. The van der Waals surface area contributed by atoms with Crippen LogP contribution in [0, 0.1) is 32.5 Å². The summed E-state index contributed by atoms with van der Waals surface area (Å²) in [5.41, 5.74) is 20.1. The van der Waals surface area contributed by atoms with Crippen molar-refractivity contribution >= 4 is 0 Å². The number of benzene rings is 4. The van der Waals surface area contributed by atoms with Crippen LogP contribution in [0.15, 0.2) is 121 Å². The summed E-state index contributed by atoms with van der Waals surface area (Å²) in [6, 6.07) is 44.6. The third-order valence-electron chi connectivity index (χ3n) is 15.2. The van der Waals surface area contributed by atoms with Gasteiger partial charge in [0.25, 0.3) is 0 Å². The van der Waals surface area contributed by atoms with Crippen LogP contribution >= 0.6 is 0 Å². The summed E-state index contributed by atoms with van der Waals surface area (Å²) < 4.78 is 0. The molecular formula is C62H98N6. The SMILES string of the molecule is CC1(C)CC(N)CC(C)(CNCCc2ccccc2)C1.CC1(C)CC(NCCc2ccccc2)CC(C)(CN)C1.CC1(C)CC(NCCc2ccccc2)CC(C)(CNCCc2ccccc2)C1. The second kappa shape index (κ2) is 26.2. The van der Waals surface area contributed by atoms with Crippen LogP contribution in [0.25, 0.3) is 0 Å². The molecule has 376 valence electrons. The number of hydrogen-bond acceptors (Lipinski definition) is 6. The Balaban J connectivity index is 0.000000195. The molecule has 68 heavy (non-hydrogen) atoms. The standard InChI is InChI=1S/C26H38N2.2C18H30N2/c1-25(2)18-24(28-17-15-23-12-8-5-9-13-23)19-26(3,20-25)21-27-16-14-22-10-6-4-7-11-22;1-17(2)11-16(19)12-18(3,13-17)14-20-10-9-15-7-5-4-6-8-15;1-17(2)11-16(12-18(3,13-17)14-19)20-10-9-15-7-5-4-6-8-15/h4-13,24,27-28H,14-21H2,1-3H3;2*4-8,16,20H,9-14,19H2,1-3H3. The Bertz CT molecular complexity index is 1970. The van der Waals surface area contributed by atoms with Crippen LogP contribution < -0.4 is 32.7 Å². The smallest absolute Gasteiger partial charge is 0.00779 e. The van der Waals surface area contributed by atoms with Crippen molar-refractivity contribution in [3.8, 4) is 0 Å². The number of hydrogen-bond donors (Lipinski definition) is 6. The lowest BCUT2D eigenvalue weighted by atomic mass is 9.62. The molecule has 4 aromatic carbocycles. The number of nitrogens with one attached hydrogen (secondary N) is 4. The summed E-state index contributed by atoms with van der Waals surface area (Å²) >= 11 is 0. The van der Waals surface area contributed by atoms with E-state index in [1.54, 1.807) is 0 Å². The second-order valence-corrected chi connectivity index (χ2v) is 25.2. The van der Waals surface area contributed by atoms with Crippen molar-refractivity contribution in [2.75, 3.05) is 45.8 Å². The fourth-order valence-corrected chi connectivity index (χ4v) is 13.4. The Morgan fingerprint density at radius 2 is 0.706 bits per heavy atom. The minimum Gasteiger partial charge on any atom is -0.330 e. The molecule has 6 atom stereocenters. The van der Waals surface area contributed by atoms with Gasteiger partial charge in [-0.2, -0.15) is 0 Å². The Labute approximate surface area is 416 Å². The molecular weight excluding hydrogens is 829 g/mol. The van der Waals surface area contributed by atoms with E-state index in [0.717, 1.165) is 84.3 Å². The molecule has 0 aromatic heterocycles. The Morgan fingerprint density at radius 1 is 0.397 bits per heavy atom. The topological polar surface area (TPSA) is 100 Å². The summed E-state index contributed by atoms with van der Waals surface area (Å²) in [4.78, 5) is 0. The highest BCUT2D eigenvalue weighted by molar-refractivity contribution is 5.17. The largest absolute Gasteiger partial charge is 0.330 e. The average Bonchev–Trinajstić information content (AvgIpc) is 3.26. The third kappa shape index (κ3) is 20.5. The van der Waals surface area contributed by atoms with Crippen LogP contribution in [-0.4, -0.2) is 63.9 Å². The van der Waals surface area contributed by atoms with Crippen molar-refractivity contribution < 1.29 is 0 Å². The summed E-state index contributed by atoms with van der Waals surface area (Å²) in [5.74, 6) is 0. The number of nitrogens with two attached hydrogens (primary N) is 2. The maximum Gasteiger partial charge on any atom is 0.00779 e. The first-order valence-electron chi connectivity index (χ1n) is 26.7. The van der Waals surface area contributed by atoms with E-state index in [1.165, 1.54) is 67.2 Å². The van der Waals surface area contributed by atoms with Gasteiger partial charge < -0.3 is 32.7 Å². The highest BCUT2D eigenvalue weighted by Crippen LogP contribution is 2.47. The van der Waals surface area contributed by atoms with E-state index in [1.807, 2.05) is 0 Å². The van der Waals surface area contributed by atoms with Crippen molar-refractivity contribution in [1.82, 2.24) is 21.3 Å². The molecule has 0 amide bonds. The molecule has 3 fully saturated rings. The van der Waals surface area contributed by atoms with Gasteiger partial charge in [0.15, 0.2) is 0 Å². The monoisotopic (exact) mass is 927 g/mol. The molecule has 0 heterocycles. The first-order chi connectivity index (χ1) is 32.3. The van der Waals surface area contributed by atoms with E-state index in [4.69, 9.17) is 11.5 Å². The highest BCUT2D eigenvalue weighted by atomic mass is 14.9. The second-order valence-electron chi connectivity index (χ2n) is 25.2. The molecule has 3 aliphatic carbocycles. The van der Waals surface area contributed by atoms with Crippen LogP contribution in [0.3, 0.4) is 0 Å². The molecule has 0 aliphatic heterocycles. The molecule has 0 radical (unpaired) electrons. The Morgan fingerprint density at radius 3 is 1.06 bits per heavy atom. The molecule has 7 rings (SSSR count). The van der Waals surface area contributed by atoms with Gasteiger partial charge in [-0.25, -0.2) is 0 Å². The molecule has 3 saturated carbocycles. The van der Waals surface area contributed by atoms with E-state index in [9.17, 15) is 0 Å². The lowest BCUT2D eigenvalue weighted by Crippen LogP contribution is -2.49. The zero-order valence-electron chi connectivity index (χ0n) is 44.6. The van der Waals surface area contributed by atoms with Crippen molar-refractivity contribution in [2.45, 2.75) is 164 Å². The fraction of sp³-hybridized carbons (Fsp3) is 0.613. The fourth-order valence-electron chi connectivity index (χ4n) is 13.4. The van der Waals surface area contributed by atoms with E-state index < -0.39 is 0 Å². The average molecular weight is 928 g/mol. The van der Waals surface area contributed by atoms with E-state index in [-0.39, 0.29) is 0 Å². The van der Waals surface area contributed by atoms with Gasteiger partial charge in [0.05, 0.1) is 0 Å². The molecule has 6 heteroatoms. The van der Waals surface area contributed by atoms with Gasteiger partial charge in [0.2, 0.25) is 0 Å². The van der Waals surface area contributed by atoms with Crippen molar-refractivity contribution in [3.63, 3.8) is 0 Å². The zero-order chi connectivity index (χ0) is 49.2. The molecule has 3 aliphatic rings. The lowest BCUT2D eigenvalue weighted by Gasteiger charge is -2.47. The van der Waals surface area contributed by atoms with Gasteiger partial charge in [0.1, 0.15) is 0 Å². The van der Waals surface area contributed by atoms with Crippen molar-refractivity contribution in [1.29, 1.82) is 0 Å². The van der Waals surface area contributed by atoms with Gasteiger partial charge in [-0.15, -0.1) is 0 Å². The van der Waals surface area contributed by atoms with E-state index in [2.05, 4.69) is 205 Å². The maximum atomic E-state index is 6.25. The van der Waals surface area contributed by atoms with Crippen LogP contribution in [0.2, 0.25) is 0 Å². The number of rotatable bonds is 19. The molecule has 8 N–H and O–H groups in total. The van der Waals surface area contributed by atoms with Gasteiger partial charge >= 0.3 is 0 Å². The molecule has 0 saturated heterocycles. The van der Waals surface area contributed by atoms with Crippen LogP contribution in [-0.2, 0) is 25.7 Å². The summed E-state index contributed by atoms with van der Waals surface area (Å²) in [5, 5.41) is 15.0. The van der Waals surface area contributed by atoms with Gasteiger partial charge in [-0.3, -0.25) is 0 Å². The molecule has 6 nitrogen and oxygen atoms in total. The summed E-state index contributed by atoms with van der Waals surface area (Å²) in [6.45, 7) is 28.8. The minimum atomic E-state index is 0.298. The van der Waals surface area contributed by atoms with E-state index in [0.29, 0.717) is 50.6 Å². The molecule has 4 aromatic rings. The predicted octanol–water partition coefficient (Wildman–Crippen LogP) is 12.0. The summed E-state index contributed by atoms with van der Waals surface area (Å²) in [7, 11) is 0. The first kappa shape index (κ1) is 55.6. The van der Waals surface area contributed by atoms with Crippen LogP contribution in [0.5, 0.6) is 0 Å². The normalized spacial score (nSPS) is 27.2. The van der Waals surface area contributed by atoms with Crippen LogP contribution in [0.1, 0.15) is 142 Å². The quantitative estimate of drug-likeness (QED) is 0.0524. The first-order valence-corrected chi connectivity index (χ1v) is 26.7. The Kier molecular flexibility index (Phi) is 21.4. The molecule has 6 unspecified atom stereocenters. The predicted molar refractivity (Wildman–Crippen MR) is 294 cm³/mol. The van der Waals surface area contributed by atoms with E-state index >= 15 is 0 Å². The van der Waals surface area contributed by atoms with Gasteiger partial charge in [0, 0.05) is 31.2 Å². The Hall–Kier alpha value is -3.36. The molecule has 0 bridgehead atoms. The van der Waals surface area contributed by atoms with Crippen molar-refractivity contribution in [2.24, 2.45) is 44.0 Å². The van der Waals surface area contributed by atoms with Crippen LogP contribution in [0.4, 0.5) is 0 Å².